The molecule has 1 aliphatic carbocycles. The van der Waals surface area contributed by atoms with Crippen LogP contribution in [0.4, 0.5) is 0 Å². The molecule has 1 saturated carbocycles. The number of ether oxygens (including phenoxy) is 1. The Morgan fingerprint density at radius 3 is 2.38 bits per heavy atom. The van der Waals surface area contributed by atoms with Crippen molar-refractivity contribution in [2.24, 2.45) is 0 Å². The van der Waals surface area contributed by atoms with Gasteiger partial charge in [0.25, 0.3) is 5.91 Å². The van der Waals surface area contributed by atoms with E-state index < -0.39 is 5.54 Å². The SMILES string of the molecule is COc1ccc(CN2C(=O)c3cc(C(C)(C)C)nn3CC2(C)C(=O)NC2CCCCCC2)cc1. The van der Waals surface area contributed by atoms with Gasteiger partial charge in [-0.1, -0.05) is 58.6 Å². The smallest absolute Gasteiger partial charge is 0.273 e. The van der Waals surface area contributed by atoms with Crippen molar-refractivity contribution in [2.45, 2.75) is 96.3 Å². The highest BCUT2D eigenvalue weighted by Crippen LogP contribution is 2.32. The number of benzene rings is 1. The molecule has 2 aliphatic rings. The second-order valence-electron chi connectivity index (χ2n) is 11.0. The van der Waals surface area contributed by atoms with Crippen LogP contribution < -0.4 is 10.1 Å². The zero-order valence-electron chi connectivity index (χ0n) is 21.2. The van der Waals surface area contributed by atoms with E-state index in [1.54, 1.807) is 16.7 Å². The third kappa shape index (κ3) is 4.84. The number of aromatic nitrogens is 2. The van der Waals surface area contributed by atoms with E-state index in [0.717, 1.165) is 42.7 Å². The first-order chi connectivity index (χ1) is 16.1. The molecule has 34 heavy (non-hydrogen) atoms. The number of nitrogens with one attached hydrogen (secondary N) is 1. The lowest BCUT2D eigenvalue weighted by Gasteiger charge is -2.44. The van der Waals surface area contributed by atoms with Gasteiger partial charge in [0.2, 0.25) is 5.91 Å². The van der Waals surface area contributed by atoms with Gasteiger partial charge >= 0.3 is 0 Å². The summed E-state index contributed by atoms with van der Waals surface area (Å²) in [7, 11) is 1.63. The number of carbonyl (C=O) groups excluding carboxylic acids is 2. The van der Waals surface area contributed by atoms with Crippen molar-refractivity contribution in [3.63, 3.8) is 0 Å². The maximum absolute atomic E-state index is 13.8. The average molecular weight is 467 g/mol. The summed E-state index contributed by atoms with van der Waals surface area (Å²) >= 11 is 0. The Morgan fingerprint density at radius 2 is 1.79 bits per heavy atom. The molecular formula is C27H38N4O3. The van der Waals surface area contributed by atoms with E-state index in [4.69, 9.17) is 9.84 Å². The lowest BCUT2D eigenvalue weighted by Crippen LogP contribution is -2.64. The molecule has 2 amide bonds. The number of hydrogen-bond acceptors (Lipinski definition) is 4. The van der Waals surface area contributed by atoms with Crippen molar-refractivity contribution in [1.29, 1.82) is 0 Å². The quantitative estimate of drug-likeness (QED) is 0.661. The van der Waals surface area contributed by atoms with Crippen LogP contribution in [0.5, 0.6) is 5.75 Å². The summed E-state index contributed by atoms with van der Waals surface area (Å²) in [4.78, 5) is 29.3. The van der Waals surface area contributed by atoms with E-state index >= 15 is 0 Å². The van der Waals surface area contributed by atoms with E-state index in [9.17, 15) is 9.59 Å². The summed E-state index contributed by atoms with van der Waals surface area (Å²) in [5, 5.41) is 8.05. The van der Waals surface area contributed by atoms with E-state index in [1.807, 2.05) is 37.3 Å². The summed E-state index contributed by atoms with van der Waals surface area (Å²) in [5.41, 5.74) is 1.11. The van der Waals surface area contributed by atoms with Gasteiger partial charge < -0.3 is 15.0 Å². The zero-order valence-corrected chi connectivity index (χ0v) is 21.2. The summed E-state index contributed by atoms with van der Waals surface area (Å²) in [6.45, 7) is 8.80. The first-order valence-electron chi connectivity index (χ1n) is 12.5. The number of nitrogens with zero attached hydrogens (tertiary/aromatic N) is 3. The number of fused-ring (bicyclic) bond motifs is 1. The maximum atomic E-state index is 13.8. The molecule has 1 aromatic heterocycles. The number of hydrogen-bond donors (Lipinski definition) is 1. The fraction of sp³-hybridized carbons (Fsp3) is 0.593. The Hall–Kier alpha value is -2.83. The van der Waals surface area contributed by atoms with Gasteiger partial charge in [-0.05, 0) is 43.5 Å². The average Bonchev–Trinajstić information content (AvgIpc) is 3.07. The van der Waals surface area contributed by atoms with Gasteiger partial charge in [0.1, 0.15) is 17.0 Å². The van der Waals surface area contributed by atoms with Crippen LogP contribution in [0.15, 0.2) is 30.3 Å². The Balaban J connectivity index is 1.68. The lowest BCUT2D eigenvalue weighted by molar-refractivity contribution is -0.134. The monoisotopic (exact) mass is 466 g/mol. The number of amides is 2. The van der Waals surface area contributed by atoms with Crippen LogP contribution in [-0.4, -0.2) is 45.2 Å². The molecule has 7 nitrogen and oxygen atoms in total. The third-order valence-electron chi connectivity index (χ3n) is 7.25. The fourth-order valence-electron chi connectivity index (χ4n) is 4.93. The lowest BCUT2D eigenvalue weighted by atomic mass is 9.91. The van der Waals surface area contributed by atoms with Crippen LogP contribution in [0.3, 0.4) is 0 Å². The van der Waals surface area contributed by atoms with Crippen LogP contribution in [-0.2, 0) is 23.3 Å². The van der Waals surface area contributed by atoms with E-state index in [0.29, 0.717) is 18.8 Å². The second kappa shape index (κ2) is 9.43. The van der Waals surface area contributed by atoms with Gasteiger partial charge in [0.15, 0.2) is 0 Å². The van der Waals surface area contributed by atoms with E-state index in [1.165, 1.54) is 12.8 Å². The molecule has 1 aliphatic heterocycles. The number of carbonyl (C=O) groups is 2. The van der Waals surface area contributed by atoms with E-state index in [2.05, 4.69) is 26.1 Å². The molecule has 1 aromatic carbocycles. The molecule has 1 fully saturated rings. The van der Waals surface area contributed by atoms with Crippen LogP contribution in [0.2, 0.25) is 0 Å². The Morgan fingerprint density at radius 1 is 1.15 bits per heavy atom. The Labute approximate surface area is 202 Å². The molecule has 0 saturated heterocycles. The first kappa shape index (κ1) is 24.3. The van der Waals surface area contributed by atoms with Gasteiger partial charge in [-0.2, -0.15) is 5.10 Å². The molecule has 2 aromatic rings. The summed E-state index contributed by atoms with van der Waals surface area (Å²) in [6.07, 6.45) is 6.70. The van der Waals surface area contributed by atoms with Crippen LogP contribution in [0, 0.1) is 0 Å². The highest BCUT2D eigenvalue weighted by atomic mass is 16.5. The van der Waals surface area contributed by atoms with Crippen molar-refractivity contribution in [1.82, 2.24) is 20.0 Å². The molecule has 1 atom stereocenters. The molecule has 0 spiro atoms. The topological polar surface area (TPSA) is 76.5 Å². The van der Waals surface area contributed by atoms with Gasteiger partial charge in [-0.15, -0.1) is 0 Å². The van der Waals surface area contributed by atoms with Crippen LogP contribution in [0.1, 0.15) is 88.0 Å². The first-order valence-corrected chi connectivity index (χ1v) is 12.5. The molecule has 0 radical (unpaired) electrons. The largest absolute Gasteiger partial charge is 0.497 e. The van der Waals surface area contributed by atoms with Crippen LogP contribution >= 0.6 is 0 Å². The minimum absolute atomic E-state index is 0.0975. The predicted molar refractivity (Wildman–Crippen MR) is 132 cm³/mol. The fourth-order valence-corrected chi connectivity index (χ4v) is 4.93. The normalized spacial score (nSPS) is 21.7. The van der Waals surface area contributed by atoms with Gasteiger partial charge in [-0.25, -0.2) is 0 Å². The van der Waals surface area contributed by atoms with Crippen LogP contribution in [0.25, 0.3) is 0 Å². The summed E-state index contributed by atoms with van der Waals surface area (Å²) in [5.74, 6) is 0.499. The Kier molecular flexibility index (Phi) is 6.74. The van der Waals surface area contributed by atoms with Gasteiger partial charge in [0.05, 0.1) is 19.3 Å². The maximum Gasteiger partial charge on any atom is 0.273 e. The molecular weight excluding hydrogens is 428 g/mol. The van der Waals surface area contributed by atoms with Gasteiger partial charge in [0, 0.05) is 18.0 Å². The van der Waals surface area contributed by atoms with Crippen molar-refractivity contribution in [3.05, 3.63) is 47.3 Å². The molecule has 0 bridgehead atoms. The minimum atomic E-state index is -1.04. The number of methoxy groups -OCH3 is 1. The summed E-state index contributed by atoms with van der Waals surface area (Å²) < 4.78 is 7.02. The van der Waals surface area contributed by atoms with Crippen molar-refractivity contribution >= 4 is 11.8 Å². The molecule has 4 rings (SSSR count). The zero-order chi connectivity index (χ0) is 24.5. The van der Waals surface area contributed by atoms with E-state index in [-0.39, 0.29) is 23.3 Å². The molecule has 7 heteroatoms. The second-order valence-corrected chi connectivity index (χ2v) is 11.0. The highest BCUT2D eigenvalue weighted by Gasteiger charge is 2.48. The standard InChI is InChI=1S/C27H38N4O3/c1-26(2,3)23-16-22-24(32)30(17-19-12-14-21(34-5)15-13-19)27(4,18-31(22)29-23)25(33)28-20-10-8-6-7-9-11-20/h12-16,20H,6-11,17-18H2,1-5H3,(H,28,33). The van der Waals surface area contributed by atoms with Crippen molar-refractivity contribution < 1.29 is 14.3 Å². The third-order valence-corrected chi connectivity index (χ3v) is 7.25. The van der Waals surface area contributed by atoms with Crippen molar-refractivity contribution in [2.75, 3.05) is 7.11 Å². The molecule has 1 N–H and O–H groups in total. The minimum Gasteiger partial charge on any atom is -0.497 e. The molecule has 184 valence electrons. The van der Waals surface area contributed by atoms with Gasteiger partial charge in [-0.3, -0.25) is 14.3 Å². The molecule has 2 heterocycles. The highest BCUT2D eigenvalue weighted by molar-refractivity contribution is 5.99. The number of rotatable bonds is 5. The Bertz CT molecular complexity index is 1030. The predicted octanol–water partition coefficient (Wildman–Crippen LogP) is 4.44. The summed E-state index contributed by atoms with van der Waals surface area (Å²) in [6, 6.07) is 9.70. The van der Waals surface area contributed by atoms with Crippen molar-refractivity contribution in [3.8, 4) is 5.75 Å². The molecule has 1 unspecified atom stereocenters.